The number of amides is 2. The number of carbonyl (C=O) groups is 2. The minimum Gasteiger partial charge on any atom is -0.484 e. The Balaban J connectivity index is 1.79. The van der Waals surface area contributed by atoms with Crippen LogP contribution in [-0.4, -0.2) is 44.7 Å². The minimum absolute atomic E-state index is 0.183. The molecule has 2 N–H and O–H groups in total. The van der Waals surface area contributed by atoms with Gasteiger partial charge in [0.25, 0.3) is 11.8 Å². The molecule has 0 unspecified atom stereocenters. The van der Waals surface area contributed by atoms with Gasteiger partial charge < -0.3 is 4.74 Å². The molecule has 0 aliphatic rings. The van der Waals surface area contributed by atoms with Gasteiger partial charge >= 0.3 is 6.18 Å². The lowest BCUT2D eigenvalue weighted by molar-refractivity contribution is -0.137. The molecule has 0 saturated carbocycles. The monoisotopic (exact) mass is 471 g/mol. The molecule has 0 heterocycles. The molecule has 0 saturated heterocycles. The largest absolute Gasteiger partial charge is 0.484 e. The molecule has 0 atom stereocenters. The van der Waals surface area contributed by atoms with Gasteiger partial charge in [-0.2, -0.15) is 17.5 Å². The molecule has 0 radical (unpaired) electrons. The fraction of sp³-hybridized carbons (Fsp3) is 0.200. The summed E-state index contributed by atoms with van der Waals surface area (Å²) in [4.78, 5) is 23.6. The summed E-state index contributed by atoms with van der Waals surface area (Å²) in [5.41, 5.74) is 3.71. The summed E-state index contributed by atoms with van der Waals surface area (Å²) >= 11 is 0. The fourth-order valence-electron chi connectivity index (χ4n) is 2.25. The molecule has 2 amide bonds. The second-order valence-corrected chi connectivity index (χ2v) is 8.35. The third-order valence-corrected chi connectivity index (χ3v) is 5.38. The van der Waals surface area contributed by atoms with Crippen LogP contribution in [0.25, 0.3) is 6.08 Å². The van der Waals surface area contributed by atoms with Crippen LogP contribution in [0.3, 0.4) is 0 Å². The number of ether oxygens (including phenoxy) is 1. The maximum Gasteiger partial charge on any atom is 0.416 e. The van der Waals surface area contributed by atoms with E-state index in [1.54, 1.807) is 30.3 Å². The molecule has 2 aromatic rings. The molecule has 0 aliphatic carbocycles. The topological polar surface area (TPSA) is 105 Å². The van der Waals surface area contributed by atoms with Gasteiger partial charge in [0, 0.05) is 12.5 Å². The predicted molar refractivity (Wildman–Crippen MR) is 110 cm³/mol. The smallest absolute Gasteiger partial charge is 0.416 e. The maximum absolute atomic E-state index is 12.7. The van der Waals surface area contributed by atoms with Crippen LogP contribution in [0.4, 0.5) is 13.2 Å². The van der Waals surface area contributed by atoms with Crippen LogP contribution in [0.5, 0.6) is 5.75 Å². The van der Waals surface area contributed by atoms with Gasteiger partial charge in [-0.05, 0) is 29.8 Å². The zero-order valence-corrected chi connectivity index (χ0v) is 17.6. The van der Waals surface area contributed by atoms with Crippen LogP contribution >= 0.6 is 0 Å². The van der Waals surface area contributed by atoms with Gasteiger partial charge in [-0.25, -0.2) is 8.42 Å². The number of carbonyl (C=O) groups excluding carboxylic acids is 2. The number of likely N-dealkylation sites (N-methyl/N-ethyl adjacent to an activating group) is 1. The Labute approximate surface area is 182 Å². The molecular weight excluding hydrogens is 451 g/mol. The Bertz CT molecular complexity index is 1070. The third kappa shape index (κ3) is 8.04. The van der Waals surface area contributed by atoms with Crippen LogP contribution in [0, 0.1) is 0 Å². The Hall–Kier alpha value is -3.38. The van der Waals surface area contributed by atoms with Crippen molar-refractivity contribution in [2.24, 2.45) is 0 Å². The molecule has 2 aromatic carbocycles. The lowest BCUT2D eigenvalue weighted by Gasteiger charge is -2.15. The molecule has 2 rings (SSSR count). The SMILES string of the molecule is CN(CC(=O)NNC(=O)COc1cccc(C(F)(F)F)c1)S(=O)(=O)/C=C/c1ccccc1. The number of rotatable bonds is 8. The maximum atomic E-state index is 12.7. The first kappa shape index (κ1) is 24.9. The van der Waals surface area contributed by atoms with Crippen LogP contribution in [0.15, 0.2) is 60.0 Å². The molecule has 0 spiro atoms. The number of nitrogens with one attached hydrogen (secondary N) is 2. The predicted octanol–water partition coefficient (Wildman–Crippen LogP) is 2.16. The Morgan fingerprint density at radius 3 is 2.34 bits per heavy atom. The molecule has 32 heavy (non-hydrogen) atoms. The molecular formula is C20H20F3N3O5S. The number of hydrogen-bond acceptors (Lipinski definition) is 5. The summed E-state index contributed by atoms with van der Waals surface area (Å²) < 4.78 is 68.1. The van der Waals surface area contributed by atoms with E-state index in [2.05, 4.69) is 0 Å². The molecule has 0 fully saturated rings. The van der Waals surface area contributed by atoms with Crippen LogP contribution in [-0.2, 0) is 25.8 Å². The number of benzene rings is 2. The average Bonchev–Trinajstić information content (AvgIpc) is 2.75. The Kier molecular flexibility index (Phi) is 8.38. The first-order valence-electron chi connectivity index (χ1n) is 9.04. The van der Waals surface area contributed by atoms with Gasteiger partial charge in [0.1, 0.15) is 5.75 Å². The first-order chi connectivity index (χ1) is 15.0. The van der Waals surface area contributed by atoms with Crippen molar-refractivity contribution < 1.29 is 35.9 Å². The zero-order valence-electron chi connectivity index (χ0n) is 16.8. The third-order valence-electron chi connectivity index (χ3n) is 3.91. The van der Waals surface area contributed by atoms with E-state index in [4.69, 9.17) is 4.74 Å². The Morgan fingerprint density at radius 1 is 1.03 bits per heavy atom. The number of hydrogen-bond donors (Lipinski definition) is 2. The Morgan fingerprint density at radius 2 is 1.69 bits per heavy atom. The van der Waals surface area contributed by atoms with Crippen LogP contribution < -0.4 is 15.6 Å². The van der Waals surface area contributed by atoms with E-state index in [0.29, 0.717) is 5.56 Å². The van der Waals surface area contributed by atoms with Crippen LogP contribution in [0.1, 0.15) is 11.1 Å². The van der Waals surface area contributed by atoms with Gasteiger partial charge in [-0.1, -0.05) is 36.4 Å². The lowest BCUT2D eigenvalue weighted by atomic mass is 10.2. The minimum atomic E-state index is -4.56. The summed E-state index contributed by atoms with van der Waals surface area (Å²) in [5, 5.41) is 0.942. The van der Waals surface area contributed by atoms with Gasteiger partial charge in [0.15, 0.2) is 6.61 Å². The van der Waals surface area contributed by atoms with Gasteiger partial charge in [-0.3, -0.25) is 20.4 Å². The fourth-order valence-corrected chi connectivity index (χ4v) is 3.09. The van der Waals surface area contributed by atoms with Gasteiger partial charge in [0.05, 0.1) is 12.1 Å². The van der Waals surface area contributed by atoms with Crippen molar-refractivity contribution in [2.75, 3.05) is 20.2 Å². The summed E-state index contributed by atoms with van der Waals surface area (Å²) in [5.74, 6) is -1.88. The van der Waals surface area contributed by atoms with Crippen molar-refractivity contribution in [3.63, 3.8) is 0 Å². The number of nitrogens with zero attached hydrogens (tertiary/aromatic N) is 1. The van der Waals surface area contributed by atoms with E-state index < -0.39 is 46.7 Å². The van der Waals surface area contributed by atoms with Crippen LogP contribution in [0.2, 0.25) is 0 Å². The molecule has 0 aromatic heterocycles. The first-order valence-corrected chi connectivity index (χ1v) is 10.5. The molecule has 172 valence electrons. The number of halogens is 3. The number of hydrazine groups is 1. The summed E-state index contributed by atoms with van der Waals surface area (Å²) in [6.45, 7) is -1.26. The van der Waals surface area contributed by atoms with E-state index in [9.17, 15) is 31.2 Å². The average molecular weight is 471 g/mol. The van der Waals surface area contributed by atoms with Crippen molar-refractivity contribution in [1.29, 1.82) is 0 Å². The molecule has 8 nitrogen and oxygen atoms in total. The summed E-state index contributed by atoms with van der Waals surface area (Å²) in [6.07, 6.45) is -3.19. The van der Waals surface area contributed by atoms with Gasteiger partial charge in [-0.15, -0.1) is 0 Å². The normalized spacial score (nSPS) is 12.0. The second-order valence-electron chi connectivity index (χ2n) is 6.43. The van der Waals surface area contributed by atoms with E-state index in [1.165, 1.54) is 19.2 Å². The lowest BCUT2D eigenvalue weighted by Crippen LogP contribution is -2.47. The highest BCUT2D eigenvalue weighted by molar-refractivity contribution is 7.92. The quantitative estimate of drug-likeness (QED) is 0.575. The second kappa shape index (κ2) is 10.8. The molecule has 0 aliphatic heterocycles. The summed E-state index contributed by atoms with van der Waals surface area (Å²) in [6, 6.07) is 12.6. The highest BCUT2D eigenvalue weighted by atomic mass is 32.2. The van der Waals surface area contributed by atoms with E-state index in [-0.39, 0.29) is 5.75 Å². The van der Waals surface area contributed by atoms with Crippen molar-refractivity contribution in [3.8, 4) is 5.75 Å². The van der Waals surface area contributed by atoms with Crippen molar-refractivity contribution in [3.05, 3.63) is 71.1 Å². The molecule has 12 heteroatoms. The number of alkyl halides is 3. The van der Waals surface area contributed by atoms with Crippen molar-refractivity contribution in [2.45, 2.75) is 6.18 Å². The highest BCUT2D eigenvalue weighted by Gasteiger charge is 2.30. The number of sulfonamides is 1. The van der Waals surface area contributed by atoms with Gasteiger partial charge in [0.2, 0.25) is 10.0 Å². The summed E-state index contributed by atoms with van der Waals surface area (Å²) in [7, 11) is -2.71. The van der Waals surface area contributed by atoms with Crippen molar-refractivity contribution in [1.82, 2.24) is 15.2 Å². The zero-order chi connectivity index (χ0) is 23.8. The van der Waals surface area contributed by atoms with Crippen molar-refractivity contribution >= 4 is 27.9 Å². The van der Waals surface area contributed by atoms with E-state index in [1.807, 2.05) is 10.9 Å². The standard InChI is InChI=1S/C20H20F3N3O5S/c1-26(32(29,30)11-10-15-6-3-2-4-7-15)13-18(27)24-25-19(28)14-31-17-9-5-8-16(12-17)20(21,22)23/h2-12H,13-14H2,1H3,(H,24,27)(H,25,28)/b11-10+. The van der Waals surface area contributed by atoms with E-state index >= 15 is 0 Å². The molecule has 0 bridgehead atoms. The highest BCUT2D eigenvalue weighted by Crippen LogP contribution is 2.31. The van der Waals surface area contributed by atoms with E-state index in [0.717, 1.165) is 27.9 Å².